The normalized spacial score (nSPS) is 11.6. The van der Waals surface area contributed by atoms with E-state index in [4.69, 9.17) is 0 Å². The highest BCUT2D eigenvalue weighted by Crippen LogP contribution is 2.26. The molecule has 0 aliphatic rings. The van der Waals surface area contributed by atoms with Crippen molar-refractivity contribution in [1.29, 1.82) is 5.26 Å². The molecule has 1 aromatic heterocycles. The number of nitriles is 1. The molecule has 1 atom stereocenters. The number of rotatable bonds is 5. The van der Waals surface area contributed by atoms with Crippen LogP contribution in [0.3, 0.4) is 0 Å². The second-order valence-electron chi connectivity index (χ2n) is 5.63. The standard InChI is InChI=1S/C19H12BrF2N3OS/c20-12-3-1-2-11(6-12)19-24-14(10-27-19)8-18(26)25-17(9-23)15-5-4-13(21)7-16(15)22/h1-7,10,17H,8H2,(H,25,26). The average molecular weight is 448 g/mol. The van der Waals surface area contributed by atoms with Crippen molar-refractivity contribution in [3.05, 3.63) is 75.2 Å². The molecule has 1 amide bonds. The number of halogens is 3. The van der Waals surface area contributed by atoms with Crippen LogP contribution in [0.2, 0.25) is 0 Å². The van der Waals surface area contributed by atoms with Gasteiger partial charge in [-0.3, -0.25) is 4.79 Å². The number of hydrogen-bond acceptors (Lipinski definition) is 4. The van der Waals surface area contributed by atoms with Crippen molar-refractivity contribution in [2.24, 2.45) is 0 Å². The molecule has 136 valence electrons. The van der Waals surface area contributed by atoms with E-state index in [1.165, 1.54) is 11.3 Å². The number of carbonyl (C=O) groups excluding carboxylic acids is 1. The van der Waals surface area contributed by atoms with Gasteiger partial charge in [0, 0.05) is 27.0 Å². The Bertz CT molecular complexity index is 1030. The fraction of sp³-hybridized carbons (Fsp3) is 0.105. The molecule has 0 saturated carbocycles. The van der Waals surface area contributed by atoms with E-state index in [1.807, 2.05) is 30.3 Å². The van der Waals surface area contributed by atoms with E-state index in [0.29, 0.717) is 11.8 Å². The quantitative estimate of drug-likeness (QED) is 0.612. The molecular formula is C19H12BrF2N3OS. The topological polar surface area (TPSA) is 65.8 Å². The molecule has 3 aromatic rings. The Morgan fingerprint density at radius 3 is 2.81 bits per heavy atom. The van der Waals surface area contributed by atoms with Crippen LogP contribution in [-0.4, -0.2) is 10.9 Å². The van der Waals surface area contributed by atoms with Gasteiger partial charge in [-0.1, -0.05) is 34.1 Å². The van der Waals surface area contributed by atoms with Gasteiger partial charge in [0.15, 0.2) is 0 Å². The van der Waals surface area contributed by atoms with Crippen molar-refractivity contribution >= 4 is 33.2 Å². The van der Waals surface area contributed by atoms with Gasteiger partial charge in [-0.05, 0) is 18.2 Å². The van der Waals surface area contributed by atoms with Crippen LogP contribution >= 0.6 is 27.3 Å². The highest BCUT2D eigenvalue weighted by molar-refractivity contribution is 9.10. The smallest absolute Gasteiger partial charge is 0.227 e. The van der Waals surface area contributed by atoms with Crippen LogP contribution in [0.25, 0.3) is 10.6 Å². The van der Waals surface area contributed by atoms with Gasteiger partial charge in [-0.2, -0.15) is 5.26 Å². The molecule has 0 radical (unpaired) electrons. The second kappa shape index (κ2) is 8.37. The summed E-state index contributed by atoms with van der Waals surface area (Å²) in [4.78, 5) is 16.7. The predicted octanol–water partition coefficient (Wildman–Crippen LogP) is 4.77. The molecule has 1 N–H and O–H groups in total. The first-order valence-electron chi connectivity index (χ1n) is 7.80. The summed E-state index contributed by atoms with van der Waals surface area (Å²) in [5.41, 5.74) is 1.38. The molecule has 1 unspecified atom stereocenters. The first kappa shape index (κ1) is 19.1. The number of carbonyl (C=O) groups is 1. The van der Waals surface area contributed by atoms with E-state index in [2.05, 4.69) is 26.2 Å². The zero-order valence-corrected chi connectivity index (χ0v) is 16.2. The third-order valence-corrected chi connectivity index (χ3v) is 5.11. The monoisotopic (exact) mass is 447 g/mol. The third kappa shape index (κ3) is 4.76. The highest BCUT2D eigenvalue weighted by atomic mass is 79.9. The maximum Gasteiger partial charge on any atom is 0.227 e. The van der Waals surface area contributed by atoms with Crippen molar-refractivity contribution in [1.82, 2.24) is 10.3 Å². The lowest BCUT2D eigenvalue weighted by molar-refractivity contribution is -0.120. The average Bonchev–Trinajstić information content (AvgIpc) is 3.08. The third-order valence-electron chi connectivity index (χ3n) is 3.67. The second-order valence-corrected chi connectivity index (χ2v) is 7.40. The minimum Gasteiger partial charge on any atom is -0.336 e. The van der Waals surface area contributed by atoms with E-state index in [-0.39, 0.29) is 12.0 Å². The van der Waals surface area contributed by atoms with Crippen LogP contribution < -0.4 is 5.32 Å². The van der Waals surface area contributed by atoms with Crippen LogP contribution in [0.1, 0.15) is 17.3 Å². The number of thiazole rings is 1. The number of hydrogen-bond donors (Lipinski definition) is 1. The zero-order chi connectivity index (χ0) is 19.4. The Kier molecular flexibility index (Phi) is 5.94. The number of aromatic nitrogens is 1. The van der Waals surface area contributed by atoms with E-state index in [0.717, 1.165) is 27.2 Å². The van der Waals surface area contributed by atoms with Gasteiger partial charge < -0.3 is 5.32 Å². The molecule has 1 heterocycles. The summed E-state index contributed by atoms with van der Waals surface area (Å²) in [5.74, 6) is -2.11. The molecule has 3 rings (SSSR count). The molecule has 0 aliphatic heterocycles. The lowest BCUT2D eigenvalue weighted by Gasteiger charge is -2.12. The summed E-state index contributed by atoms with van der Waals surface area (Å²) in [6.45, 7) is 0. The van der Waals surface area contributed by atoms with Crippen molar-refractivity contribution in [2.45, 2.75) is 12.5 Å². The van der Waals surface area contributed by atoms with Crippen molar-refractivity contribution in [2.75, 3.05) is 0 Å². The van der Waals surface area contributed by atoms with Gasteiger partial charge in [0.25, 0.3) is 0 Å². The molecule has 27 heavy (non-hydrogen) atoms. The first-order chi connectivity index (χ1) is 13.0. The summed E-state index contributed by atoms with van der Waals surface area (Å²) in [6, 6.07) is 11.1. The van der Waals surface area contributed by atoms with Gasteiger partial charge in [-0.25, -0.2) is 13.8 Å². The SMILES string of the molecule is N#CC(NC(=O)Cc1csc(-c2cccc(Br)c2)n1)c1ccc(F)cc1F. The van der Waals surface area contributed by atoms with Crippen molar-refractivity contribution in [3.63, 3.8) is 0 Å². The number of amides is 1. The van der Waals surface area contributed by atoms with Gasteiger partial charge in [0.1, 0.15) is 22.7 Å². The van der Waals surface area contributed by atoms with Gasteiger partial charge in [0.2, 0.25) is 5.91 Å². The minimum atomic E-state index is -1.21. The molecular weight excluding hydrogens is 436 g/mol. The first-order valence-corrected chi connectivity index (χ1v) is 9.48. The van der Waals surface area contributed by atoms with Crippen molar-refractivity contribution in [3.8, 4) is 16.6 Å². The van der Waals surface area contributed by atoms with Gasteiger partial charge in [0.05, 0.1) is 18.2 Å². The van der Waals surface area contributed by atoms with Crippen LogP contribution in [0.5, 0.6) is 0 Å². The van der Waals surface area contributed by atoms with Gasteiger partial charge >= 0.3 is 0 Å². The Morgan fingerprint density at radius 2 is 2.11 bits per heavy atom. The molecule has 8 heteroatoms. The Labute approximate surface area is 166 Å². The summed E-state index contributed by atoms with van der Waals surface area (Å²) in [7, 11) is 0. The van der Waals surface area contributed by atoms with E-state index in [1.54, 1.807) is 5.38 Å². The molecule has 0 spiro atoms. The van der Waals surface area contributed by atoms with Crippen LogP contribution in [0.4, 0.5) is 8.78 Å². The van der Waals surface area contributed by atoms with Crippen LogP contribution in [0, 0.1) is 23.0 Å². The Morgan fingerprint density at radius 1 is 1.30 bits per heavy atom. The van der Waals surface area contributed by atoms with Crippen molar-refractivity contribution < 1.29 is 13.6 Å². The predicted molar refractivity (Wildman–Crippen MR) is 102 cm³/mol. The summed E-state index contributed by atoms with van der Waals surface area (Å²) in [5, 5.41) is 14.2. The number of nitrogens with zero attached hydrogens (tertiary/aromatic N) is 2. The van der Waals surface area contributed by atoms with E-state index in [9.17, 15) is 18.8 Å². The summed E-state index contributed by atoms with van der Waals surface area (Å²) < 4.78 is 27.8. The van der Waals surface area contributed by atoms with Crippen LogP contribution in [0.15, 0.2) is 52.3 Å². The number of nitrogens with one attached hydrogen (secondary N) is 1. The van der Waals surface area contributed by atoms with Crippen LogP contribution in [-0.2, 0) is 11.2 Å². The molecule has 4 nitrogen and oxygen atoms in total. The van der Waals surface area contributed by atoms with E-state index >= 15 is 0 Å². The summed E-state index contributed by atoms with van der Waals surface area (Å²) in [6.07, 6.45) is -0.0501. The fourth-order valence-corrected chi connectivity index (χ4v) is 3.65. The maximum atomic E-state index is 13.8. The minimum absolute atomic E-state index is 0.0501. The van der Waals surface area contributed by atoms with E-state index < -0.39 is 23.6 Å². The molecule has 0 saturated heterocycles. The molecule has 0 bridgehead atoms. The fourth-order valence-electron chi connectivity index (χ4n) is 2.43. The largest absolute Gasteiger partial charge is 0.336 e. The molecule has 2 aromatic carbocycles. The molecule has 0 aliphatic carbocycles. The highest BCUT2D eigenvalue weighted by Gasteiger charge is 2.19. The lowest BCUT2D eigenvalue weighted by Crippen LogP contribution is -2.29. The Hall–Kier alpha value is -2.63. The maximum absolute atomic E-state index is 13.8. The number of benzene rings is 2. The van der Waals surface area contributed by atoms with Gasteiger partial charge in [-0.15, -0.1) is 11.3 Å². The molecule has 0 fully saturated rings. The Balaban J connectivity index is 1.69. The lowest BCUT2D eigenvalue weighted by atomic mass is 10.1. The zero-order valence-electron chi connectivity index (χ0n) is 13.7. The summed E-state index contributed by atoms with van der Waals surface area (Å²) >= 11 is 4.80.